The van der Waals surface area contributed by atoms with Crippen LogP contribution in [0.15, 0.2) is 35.2 Å². The van der Waals surface area contributed by atoms with Crippen molar-refractivity contribution < 1.29 is 9.52 Å². The highest BCUT2D eigenvalue weighted by Gasteiger charge is 1.99. The second-order valence-electron chi connectivity index (χ2n) is 2.09. The smallest absolute Gasteiger partial charge is 0.219 e. The molecule has 0 saturated carbocycles. The lowest BCUT2D eigenvalue weighted by Crippen LogP contribution is -1.89. The zero-order chi connectivity index (χ0) is 7.68. The van der Waals surface area contributed by atoms with E-state index in [-0.39, 0.29) is 5.75 Å². The van der Waals surface area contributed by atoms with Crippen LogP contribution in [0.25, 0.3) is 5.88 Å². The van der Waals surface area contributed by atoms with Gasteiger partial charge in [-0.15, -0.1) is 0 Å². The van der Waals surface area contributed by atoms with Gasteiger partial charge in [0.2, 0.25) is 5.88 Å². The van der Waals surface area contributed by atoms with E-state index in [9.17, 15) is 0 Å². The molecule has 2 rings (SSSR count). The molecule has 0 atom stereocenters. The summed E-state index contributed by atoms with van der Waals surface area (Å²) >= 11 is 0. The molecule has 2 heterocycles. The molecule has 0 aliphatic rings. The minimum Gasteiger partial charge on any atom is -0.505 e. The third kappa shape index (κ3) is 0.980. The molecular formula is C7H6N2O2. The zero-order valence-electron chi connectivity index (χ0n) is 5.64. The second-order valence-corrected chi connectivity index (χ2v) is 2.09. The molecule has 0 radical (unpaired) electrons. The molecule has 0 saturated heterocycles. The molecule has 0 aliphatic carbocycles. The third-order valence-corrected chi connectivity index (χ3v) is 1.30. The second kappa shape index (κ2) is 2.16. The standard InChI is InChI=1S/C7H6N2O2/c10-6-4-8-9(5-6)7-2-1-3-11-7/h1-5,10H. The summed E-state index contributed by atoms with van der Waals surface area (Å²) in [6, 6.07) is 3.51. The lowest BCUT2D eigenvalue weighted by atomic mass is 10.6. The minimum absolute atomic E-state index is 0.126. The van der Waals surface area contributed by atoms with Crippen molar-refractivity contribution in [3.05, 3.63) is 30.8 Å². The Morgan fingerprint density at radius 1 is 1.55 bits per heavy atom. The molecule has 56 valence electrons. The average Bonchev–Trinajstić information content (AvgIpc) is 2.55. The molecule has 1 N–H and O–H groups in total. The lowest BCUT2D eigenvalue weighted by Gasteiger charge is -1.90. The number of aromatic nitrogens is 2. The summed E-state index contributed by atoms with van der Waals surface area (Å²) in [4.78, 5) is 0. The van der Waals surface area contributed by atoms with Crippen molar-refractivity contribution in [1.29, 1.82) is 0 Å². The summed E-state index contributed by atoms with van der Waals surface area (Å²) < 4.78 is 6.48. The fourth-order valence-electron chi connectivity index (χ4n) is 0.834. The van der Waals surface area contributed by atoms with E-state index in [0.717, 1.165) is 0 Å². The fraction of sp³-hybridized carbons (Fsp3) is 0. The van der Waals surface area contributed by atoms with Crippen LogP contribution in [0.3, 0.4) is 0 Å². The maximum absolute atomic E-state index is 8.93. The zero-order valence-corrected chi connectivity index (χ0v) is 5.64. The van der Waals surface area contributed by atoms with Crippen molar-refractivity contribution in [3.8, 4) is 11.6 Å². The SMILES string of the molecule is Oc1cnn(-c2ccco2)c1. The fourth-order valence-corrected chi connectivity index (χ4v) is 0.834. The largest absolute Gasteiger partial charge is 0.505 e. The lowest BCUT2D eigenvalue weighted by molar-refractivity contribution is 0.473. The van der Waals surface area contributed by atoms with Gasteiger partial charge in [-0.1, -0.05) is 0 Å². The van der Waals surface area contributed by atoms with Crippen LogP contribution < -0.4 is 0 Å². The summed E-state index contributed by atoms with van der Waals surface area (Å²) in [5.41, 5.74) is 0. The molecule has 0 amide bonds. The maximum atomic E-state index is 8.93. The quantitative estimate of drug-likeness (QED) is 0.663. The molecule has 0 unspecified atom stereocenters. The molecule has 0 bridgehead atoms. The van der Waals surface area contributed by atoms with E-state index in [1.807, 2.05) is 0 Å². The highest BCUT2D eigenvalue weighted by molar-refractivity contribution is 5.20. The number of nitrogens with zero attached hydrogens (tertiary/aromatic N) is 2. The number of hydrogen-bond donors (Lipinski definition) is 1. The van der Waals surface area contributed by atoms with Crippen LogP contribution in [-0.2, 0) is 0 Å². The number of aromatic hydroxyl groups is 1. The molecule has 0 aromatic carbocycles. The van der Waals surface area contributed by atoms with E-state index < -0.39 is 0 Å². The first-order valence-electron chi connectivity index (χ1n) is 3.14. The normalized spacial score (nSPS) is 10.2. The molecule has 11 heavy (non-hydrogen) atoms. The topological polar surface area (TPSA) is 51.2 Å². The maximum Gasteiger partial charge on any atom is 0.219 e. The Morgan fingerprint density at radius 2 is 2.45 bits per heavy atom. The molecular weight excluding hydrogens is 144 g/mol. The number of rotatable bonds is 1. The van der Waals surface area contributed by atoms with Gasteiger partial charge < -0.3 is 9.52 Å². The van der Waals surface area contributed by atoms with Gasteiger partial charge in [0.25, 0.3) is 0 Å². The first kappa shape index (κ1) is 6.03. The van der Waals surface area contributed by atoms with E-state index in [1.165, 1.54) is 17.1 Å². The summed E-state index contributed by atoms with van der Waals surface area (Å²) in [5, 5.41) is 12.8. The summed E-state index contributed by atoms with van der Waals surface area (Å²) in [6.07, 6.45) is 4.37. The van der Waals surface area contributed by atoms with E-state index in [0.29, 0.717) is 5.88 Å². The van der Waals surface area contributed by atoms with Crippen molar-refractivity contribution in [2.24, 2.45) is 0 Å². The van der Waals surface area contributed by atoms with Crippen molar-refractivity contribution >= 4 is 0 Å². The summed E-state index contributed by atoms with van der Waals surface area (Å²) in [5.74, 6) is 0.715. The minimum atomic E-state index is 0.126. The number of hydrogen-bond acceptors (Lipinski definition) is 3. The van der Waals surface area contributed by atoms with Gasteiger partial charge in [0.05, 0.1) is 18.7 Å². The van der Waals surface area contributed by atoms with Gasteiger partial charge in [-0.25, -0.2) is 4.68 Å². The van der Waals surface area contributed by atoms with Gasteiger partial charge in [0.1, 0.15) is 0 Å². The van der Waals surface area contributed by atoms with Crippen LogP contribution in [-0.4, -0.2) is 14.9 Å². The van der Waals surface area contributed by atoms with Crippen LogP contribution in [0.4, 0.5) is 0 Å². The van der Waals surface area contributed by atoms with Crippen LogP contribution >= 0.6 is 0 Å². The Hall–Kier alpha value is -1.71. The monoisotopic (exact) mass is 150 g/mol. The average molecular weight is 150 g/mol. The molecule has 0 fully saturated rings. The predicted octanol–water partition coefficient (Wildman–Crippen LogP) is 1.17. The van der Waals surface area contributed by atoms with Gasteiger partial charge in [-0.05, 0) is 6.07 Å². The van der Waals surface area contributed by atoms with Gasteiger partial charge in [0.15, 0.2) is 5.75 Å². The van der Waals surface area contributed by atoms with Crippen molar-refractivity contribution in [1.82, 2.24) is 9.78 Å². The Kier molecular flexibility index (Phi) is 1.18. The first-order chi connectivity index (χ1) is 5.36. The van der Waals surface area contributed by atoms with Crippen molar-refractivity contribution in [3.63, 3.8) is 0 Å². The van der Waals surface area contributed by atoms with Crippen LogP contribution in [0.5, 0.6) is 5.75 Å². The van der Waals surface area contributed by atoms with E-state index in [2.05, 4.69) is 5.10 Å². The van der Waals surface area contributed by atoms with E-state index >= 15 is 0 Å². The summed E-state index contributed by atoms with van der Waals surface area (Å²) in [6.45, 7) is 0. The molecule has 0 aliphatic heterocycles. The molecule has 4 heteroatoms. The highest BCUT2D eigenvalue weighted by atomic mass is 16.3. The Balaban J connectivity index is 2.45. The van der Waals surface area contributed by atoms with Crippen LogP contribution in [0, 0.1) is 0 Å². The molecule has 2 aromatic rings. The highest BCUT2D eigenvalue weighted by Crippen LogP contribution is 2.11. The van der Waals surface area contributed by atoms with Crippen molar-refractivity contribution in [2.75, 3.05) is 0 Å². The molecule has 4 nitrogen and oxygen atoms in total. The third-order valence-electron chi connectivity index (χ3n) is 1.30. The van der Waals surface area contributed by atoms with Gasteiger partial charge in [0, 0.05) is 6.07 Å². The van der Waals surface area contributed by atoms with E-state index in [4.69, 9.17) is 9.52 Å². The summed E-state index contributed by atoms with van der Waals surface area (Å²) in [7, 11) is 0. The van der Waals surface area contributed by atoms with Crippen LogP contribution in [0.2, 0.25) is 0 Å². The predicted molar refractivity (Wildman–Crippen MR) is 37.5 cm³/mol. The Bertz CT molecular complexity index is 337. The molecule has 2 aromatic heterocycles. The van der Waals surface area contributed by atoms with Gasteiger partial charge >= 0.3 is 0 Å². The van der Waals surface area contributed by atoms with Crippen molar-refractivity contribution in [2.45, 2.75) is 0 Å². The Labute approximate surface area is 62.7 Å². The van der Waals surface area contributed by atoms with Gasteiger partial charge in [-0.2, -0.15) is 5.10 Å². The van der Waals surface area contributed by atoms with Crippen LogP contribution in [0.1, 0.15) is 0 Å². The van der Waals surface area contributed by atoms with Gasteiger partial charge in [-0.3, -0.25) is 0 Å². The number of furan rings is 1. The first-order valence-corrected chi connectivity index (χ1v) is 3.14. The Morgan fingerprint density at radius 3 is 3.00 bits per heavy atom. The van der Waals surface area contributed by atoms with E-state index in [1.54, 1.807) is 18.4 Å². The molecule has 0 spiro atoms.